The van der Waals surface area contributed by atoms with Crippen molar-refractivity contribution in [2.45, 2.75) is 6.54 Å². The van der Waals surface area contributed by atoms with Gasteiger partial charge in [-0.2, -0.15) is 0 Å². The Labute approximate surface area is 123 Å². The number of benzene rings is 1. The predicted molar refractivity (Wildman–Crippen MR) is 81.0 cm³/mol. The largest absolute Gasteiger partial charge is 0.368 e. The first-order valence-electron chi connectivity index (χ1n) is 5.29. The summed E-state index contributed by atoms with van der Waals surface area (Å²) < 4.78 is 1.10. The quantitative estimate of drug-likeness (QED) is 0.755. The van der Waals surface area contributed by atoms with Crippen molar-refractivity contribution in [1.82, 2.24) is 0 Å². The van der Waals surface area contributed by atoms with Crippen LogP contribution in [0.2, 0.25) is 5.02 Å². The average Bonchev–Trinajstić information content (AvgIpc) is 2.74. The maximum atomic E-state index is 11.0. The minimum absolute atomic E-state index is 0.594. The molecule has 2 nitrogen and oxygen atoms in total. The minimum Gasteiger partial charge on any atom is -0.368 e. The van der Waals surface area contributed by atoms with Gasteiger partial charge in [0, 0.05) is 19.2 Å². The summed E-state index contributed by atoms with van der Waals surface area (Å²) in [5, 5.41) is 2.68. The molecule has 5 heteroatoms. The van der Waals surface area contributed by atoms with Crippen LogP contribution in [-0.2, 0) is 6.54 Å². The molecular weight excluding hydrogens is 334 g/mol. The van der Waals surface area contributed by atoms with Crippen molar-refractivity contribution >= 4 is 50.8 Å². The molecule has 18 heavy (non-hydrogen) atoms. The predicted octanol–water partition coefficient (Wildman–Crippen LogP) is 4.61. The van der Waals surface area contributed by atoms with E-state index >= 15 is 0 Å². The number of nitrogens with zero attached hydrogens (tertiary/aromatic N) is 1. The van der Waals surface area contributed by atoms with E-state index < -0.39 is 0 Å². The number of para-hydroxylation sites is 1. The summed E-state index contributed by atoms with van der Waals surface area (Å²) in [7, 11) is 1.93. The Hall–Kier alpha value is -0.840. The van der Waals surface area contributed by atoms with Gasteiger partial charge in [0.05, 0.1) is 14.5 Å². The normalized spacial score (nSPS) is 10.4. The number of rotatable bonds is 4. The van der Waals surface area contributed by atoms with Gasteiger partial charge in [-0.15, -0.1) is 11.3 Å². The van der Waals surface area contributed by atoms with Gasteiger partial charge in [0.1, 0.15) is 0 Å². The highest BCUT2D eigenvalue weighted by Crippen LogP contribution is 2.30. The average molecular weight is 345 g/mol. The van der Waals surface area contributed by atoms with Gasteiger partial charge in [0.15, 0.2) is 6.29 Å². The number of aldehydes is 1. The van der Waals surface area contributed by atoms with E-state index in [4.69, 9.17) is 11.6 Å². The highest BCUT2D eigenvalue weighted by Gasteiger charge is 2.12. The smallest absolute Gasteiger partial charge is 0.152 e. The highest BCUT2D eigenvalue weighted by atomic mass is 79.9. The molecule has 0 fully saturated rings. The van der Waals surface area contributed by atoms with Gasteiger partial charge in [-0.25, -0.2) is 0 Å². The van der Waals surface area contributed by atoms with Crippen LogP contribution < -0.4 is 4.90 Å². The summed E-state index contributed by atoms with van der Waals surface area (Å²) in [5.41, 5.74) is 2.57. The van der Waals surface area contributed by atoms with Crippen molar-refractivity contribution in [2.24, 2.45) is 0 Å². The van der Waals surface area contributed by atoms with Crippen molar-refractivity contribution in [3.63, 3.8) is 0 Å². The van der Waals surface area contributed by atoms with Crippen LogP contribution in [0.3, 0.4) is 0 Å². The lowest BCUT2D eigenvalue weighted by molar-refractivity contribution is 0.112. The van der Waals surface area contributed by atoms with Crippen LogP contribution in [0.5, 0.6) is 0 Å². The second kappa shape index (κ2) is 5.87. The van der Waals surface area contributed by atoms with Gasteiger partial charge in [0.25, 0.3) is 0 Å². The zero-order valence-electron chi connectivity index (χ0n) is 9.69. The number of halogens is 2. The third-order valence-corrected chi connectivity index (χ3v) is 4.43. The molecule has 0 spiro atoms. The summed E-state index contributed by atoms with van der Waals surface area (Å²) in [6, 6.07) is 7.42. The van der Waals surface area contributed by atoms with E-state index in [-0.39, 0.29) is 0 Å². The third kappa shape index (κ3) is 2.94. The van der Waals surface area contributed by atoms with Crippen LogP contribution >= 0.6 is 38.9 Å². The van der Waals surface area contributed by atoms with Crippen molar-refractivity contribution in [2.75, 3.05) is 11.9 Å². The van der Waals surface area contributed by atoms with E-state index in [2.05, 4.69) is 27.4 Å². The molecule has 0 saturated carbocycles. The molecule has 2 rings (SSSR count). The van der Waals surface area contributed by atoms with Crippen LogP contribution in [-0.4, -0.2) is 13.3 Å². The summed E-state index contributed by atoms with van der Waals surface area (Å²) >= 11 is 11.2. The van der Waals surface area contributed by atoms with Gasteiger partial charge < -0.3 is 4.90 Å². The van der Waals surface area contributed by atoms with Crippen molar-refractivity contribution in [3.05, 3.63) is 49.6 Å². The van der Waals surface area contributed by atoms with Crippen LogP contribution in [0.15, 0.2) is 33.4 Å². The molecule has 0 aliphatic carbocycles. The number of hydrogen-bond donors (Lipinski definition) is 0. The van der Waals surface area contributed by atoms with Crippen molar-refractivity contribution in [3.8, 4) is 0 Å². The van der Waals surface area contributed by atoms with Gasteiger partial charge in [-0.1, -0.05) is 17.7 Å². The van der Waals surface area contributed by atoms with Crippen molar-refractivity contribution < 1.29 is 4.79 Å². The Balaban J connectivity index is 2.28. The molecule has 0 unspecified atom stereocenters. The Kier molecular flexibility index (Phi) is 4.43. The highest BCUT2D eigenvalue weighted by molar-refractivity contribution is 9.11. The van der Waals surface area contributed by atoms with Gasteiger partial charge in [-0.3, -0.25) is 4.79 Å². The standard InChI is InChI=1S/C13H11BrClNOS/c1-16(6-9-5-12(14)18-8-9)13-10(7-17)3-2-4-11(13)15/h2-5,7-8H,6H2,1H3. The molecule has 2 aromatic rings. The van der Waals surface area contributed by atoms with Crippen LogP contribution in [0, 0.1) is 0 Å². The topological polar surface area (TPSA) is 20.3 Å². The lowest BCUT2D eigenvalue weighted by atomic mass is 10.1. The number of hydrogen-bond acceptors (Lipinski definition) is 3. The van der Waals surface area contributed by atoms with Gasteiger partial charge >= 0.3 is 0 Å². The molecule has 94 valence electrons. The van der Waals surface area contributed by atoms with Crippen LogP contribution in [0.1, 0.15) is 15.9 Å². The summed E-state index contributed by atoms with van der Waals surface area (Å²) in [6.07, 6.45) is 0.835. The molecule has 0 bridgehead atoms. The fourth-order valence-corrected chi connectivity index (χ4v) is 3.34. The third-order valence-electron chi connectivity index (χ3n) is 2.57. The zero-order valence-corrected chi connectivity index (χ0v) is 12.8. The molecule has 0 atom stereocenters. The molecule has 0 N–H and O–H groups in total. The number of carbonyl (C=O) groups excluding carboxylic acids is 1. The lowest BCUT2D eigenvalue weighted by Gasteiger charge is -2.21. The lowest BCUT2D eigenvalue weighted by Crippen LogP contribution is -2.18. The van der Waals surface area contributed by atoms with E-state index in [9.17, 15) is 4.79 Å². The molecule has 1 aromatic carbocycles. The van der Waals surface area contributed by atoms with E-state index in [0.29, 0.717) is 17.1 Å². The first kappa shape index (κ1) is 13.6. The molecule has 0 amide bonds. The van der Waals surface area contributed by atoms with Crippen LogP contribution in [0.4, 0.5) is 5.69 Å². The second-order valence-corrected chi connectivity index (χ2v) is 6.61. The Morgan fingerprint density at radius 2 is 2.28 bits per heavy atom. The van der Waals surface area contributed by atoms with Gasteiger partial charge in [0.2, 0.25) is 0 Å². The molecule has 0 aliphatic rings. The molecular formula is C13H11BrClNOS. The minimum atomic E-state index is 0.594. The molecule has 0 radical (unpaired) electrons. The maximum absolute atomic E-state index is 11.0. The molecule has 1 heterocycles. The Morgan fingerprint density at radius 3 is 2.89 bits per heavy atom. The molecule has 0 aliphatic heterocycles. The molecule has 1 aromatic heterocycles. The fourth-order valence-electron chi connectivity index (χ4n) is 1.81. The zero-order chi connectivity index (χ0) is 13.1. The number of thiophene rings is 1. The second-order valence-electron chi connectivity index (χ2n) is 3.91. The van der Waals surface area contributed by atoms with Crippen LogP contribution in [0.25, 0.3) is 0 Å². The van der Waals surface area contributed by atoms with E-state index in [0.717, 1.165) is 15.8 Å². The Morgan fingerprint density at radius 1 is 1.50 bits per heavy atom. The fraction of sp³-hybridized carbons (Fsp3) is 0.154. The van der Waals surface area contributed by atoms with Gasteiger partial charge in [-0.05, 0) is 45.1 Å². The summed E-state index contributed by atoms with van der Waals surface area (Å²) in [4.78, 5) is 13.0. The first-order chi connectivity index (χ1) is 8.61. The SMILES string of the molecule is CN(Cc1csc(Br)c1)c1c(Cl)cccc1C=O. The molecule has 0 saturated heterocycles. The van der Waals surface area contributed by atoms with E-state index in [1.54, 1.807) is 29.5 Å². The number of anilines is 1. The van der Waals surface area contributed by atoms with Crippen molar-refractivity contribution in [1.29, 1.82) is 0 Å². The number of carbonyl (C=O) groups is 1. The monoisotopic (exact) mass is 343 g/mol. The summed E-state index contributed by atoms with van der Waals surface area (Å²) in [6.45, 7) is 0.715. The van der Waals surface area contributed by atoms with E-state index in [1.807, 2.05) is 11.9 Å². The summed E-state index contributed by atoms with van der Waals surface area (Å²) in [5.74, 6) is 0. The maximum Gasteiger partial charge on any atom is 0.152 e. The first-order valence-corrected chi connectivity index (χ1v) is 7.34. The van der Waals surface area contributed by atoms with E-state index in [1.165, 1.54) is 5.56 Å². The Bertz CT molecular complexity index is 570.